The first-order valence-corrected chi connectivity index (χ1v) is 7.05. The average Bonchev–Trinajstić information content (AvgIpc) is 2.89. The van der Waals surface area contributed by atoms with Crippen LogP contribution in [0.2, 0.25) is 5.02 Å². The Morgan fingerprint density at radius 3 is 2.29 bits per heavy atom. The van der Waals surface area contributed by atoms with E-state index in [9.17, 15) is 0 Å². The summed E-state index contributed by atoms with van der Waals surface area (Å²) >= 11 is 5.91. The van der Waals surface area contributed by atoms with E-state index in [0.29, 0.717) is 0 Å². The number of aromatic nitrogens is 1. The van der Waals surface area contributed by atoms with Crippen molar-refractivity contribution in [1.82, 2.24) is 4.98 Å². The molecule has 1 aromatic heterocycles. The number of H-pyrrole nitrogens is 1. The van der Waals surface area contributed by atoms with E-state index in [-0.39, 0.29) is 0 Å². The molecule has 0 spiro atoms. The fraction of sp³-hybridized carbons (Fsp3) is 0.176. The first kappa shape index (κ1) is 13.8. The molecule has 0 aliphatic rings. The summed E-state index contributed by atoms with van der Waals surface area (Å²) < 4.78 is 10.7. The van der Waals surface area contributed by atoms with Crippen LogP contribution in [0.3, 0.4) is 0 Å². The largest absolute Gasteiger partial charge is 0.493 e. The van der Waals surface area contributed by atoms with Crippen LogP contribution in [-0.4, -0.2) is 19.2 Å². The van der Waals surface area contributed by atoms with Crippen molar-refractivity contribution in [2.45, 2.75) is 6.42 Å². The van der Waals surface area contributed by atoms with Crippen molar-refractivity contribution >= 4 is 22.5 Å². The SMILES string of the molecule is COc1cc2cc(Cc3ccc(Cl)cc3)[nH]c2cc1OC. The maximum Gasteiger partial charge on any atom is 0.162 e. The van der Waals surface area contributed by atoms with Crippen molar-refractivity contribution in [3.63, 3.8) is 0 Å². The minimum atomic E-state index is 0.727. The highest BCUT2D eigenvalue weighted by Crippen LogP contribution is 2.32. The predicted octanol–water partition coefficient (Wildman–Crippen LogP) is 4.43. The zero-order valence-corrected chi connectivity index (χ0v) is 12.7. The molecule has 3 nitrogen and oxygen atoms in total. The van der Waals surface area contributed by atoms with E-state index in [1.54, 1.807) is 14.2 Å². The number of benzene rings is 2. The Bertz CT molecular complexity index is 721. The van der Waals surface area contributed by atoms with Crippen molar-refractivity contribution in [2.75, 3.05) is 14.2 Å². The van der Waals surface area contributed by atoms with Crippen LogP contribution >= 0.6 is 11.6 Å². The lowest BCUT2D eigenvalue weighted by molar-refractivity contribution is 0.356. The normalized spacial score (nSPS) is 10.8. The first-order valence-electron chi connectivity index (χ1n) is 6.67. The fourth-order valence-electron chi connectivity index (χ4n) is 2.44. The van der Waals surface area contributed by atoms with Gasteiger partial charge in [0.25, 0.3) is 0 Å². The summed E-state index contributed by atoms with van der Waals surface area (Å²) in [5, 5.41) is 1.86. The van der Waals surface area contributed by atoms with Gasteiger partial charge in [-0.25, -0.2) is 0 Å². The summed E-state index contributed by atoms with van der Waals surface area (Å²) in [5.41, 5.74) is 3.39. The number of hydrogen-bond acceptors (Lipinski definition) is 2. The smallest absolute Gasteiger partial charge is 0.162 e. The van der Waals surface area contributed by atoms with Crippen LogP contribution in [0, 0.1) is 0 Å². The topological polar surface area (TPSA) is 34.2 Å². The second kappa shape index (κ2) is 5.70. The molecule has 3 aromatic rings. The summed E-state index contributed by atoms with van der Waals surface area (Å²) in [7, 11) is 3.28. The van der Waals surface area contributed by atoms with Crippen LogP contribution in [0.25, 0.3) is 10.9 Å². The van der Waals surface area contributed by atoms with Crippen LogP contribution in [0.15, 0.2) is 42.5 Å². The molecule has 21 heavy (non-hydrogen) atoms. The molecular weight excluding hydrogens is 286 g/mol. The molecule has 0 radical (unpaired) electrons. The second-order valence-corrected chi connectivity index (χ2v) is 5.33. The molecular formula is C17H16ClNO2. The van der Waals surface area contributed by atoms with E-state index in [1.165, 1.54) is 5.56 Å². The van der Waals surface area contributed by atoms with E-state index in [4.69, 9.17) is 21.1 Å². The highest BCUT2D eigenvalue weighted by atomic mass is 35.5. The van der Waals surface area contributed by atoms with Gasteiger partial charge in [-0.3, -0.25) is 0 Å². The third-order valence-electron chi connectivity index (χ3n) is 3.49. The van der Waals surface area contributed by atoms with Gasteiger partial charge in [0.1, 0.15) is 0 Å². The van der Waals surface area contributed by atoms with E-state index >= 15 is 0 Å². The van der Waals surface area contributed by atoms with Gasteiger partial charge in [-0.05, 0) is 29.8 Å². The zero-order valence-electron chi connectivity index (χ0n) is 11.9. The van der Waals surface area contributed by atoms with Gasteiger partial charge in [-0.1, -0.05) is 23.7 Å². The van der Waals surface area contributed by atoms with Crippen molar-refractivity contribution in [3.05, 3.63) is 58.7 Å². The number of hydrogen-bond donors (Lipinski definition) is 1. The maximum atomic E-state index is 5.91. The highest BCUT2D eigenvalue weighted by Gasteiger charge is 2.09. The van der Waals surface area contributed by atoms with Gasteiger partial charge in [0.2, 0.25) is 0 Å². The van der Waals surface area contributed by atoms with Crippen molar-refractivity contribution in [2.24, 2.45) is 0 Å². The summed E-state index contributed by atoms with van der Waals surface area (Å²) in [5.74, 6) is 1.46. The van der Waals surface area contributed by atoms with E-state index in [1.807, 2.05) is 36.4 Å². The lowest BCUT2D eigenvalue weighted by Crippen LogP contribution is -1.89. The van der Waals surface area contributed by atoms with Gasteiger partial charge in [-0.2, -0.15) is 0 Å². The zero-order chi connectivity index (χ0) is 14.8. The van der Waals surface area contributed by atoms with Gasteiger partial charge in [0.15, 0.2) is 11.5 Å². The molecule has 0 saturated heterocycles. The summed E-state index contributed by atoms with van der Waals surface area (Å²) in [6, 6.07) is 14.0. The molecule has 0 unspecified atom stereocenters. The molecule has 0 aliphatic heterocycles. The standard InChI is InChI=1S/C17H16ClNO2/c1-20-16-9-12-8-14(19-15(12)10-17(16)21-2)7-11-3-5-13(18)6-4-11/h3-6,8-10,19H,7H2,1-2H3. The molecule has 0 atom stereocenters. The number of rotatable bonds is 4. The Balaban J connectivity index is 1.95. The Labute approximate surface area is 128 Å². The molecule has 2 aromatic carbocycles. The highest BCUT2D eigenvalue weighted by molar-refractivity contribution is 6.30. The number of methoxy groups -OCH3 is 2. The molecule has 0 bridgehead atoms. The molecule has 0 aliphatic carbocycles. The number of fused-ring (bicyclic) bond motifs is 1. The minimum absolute atomic E-state index is 0.727. The van der Waals surface area contributed by atoms with Gasteiger partial charge in [-0.15, -0.1) is 0 Å². The van der Waals surface area contributed by atoms with Crippen LogP contribution in [0.1, 0.15) is 11.3 Å². The van der Waals surface area contributed by atoms with Crippen molar-refractivity contribution in [3.8, 4) is 11.5 Å². The molecule has 0 saturated carbocycles. The Kier molecular flexibility index (Phi) is 3.76. The molecule has 108 valence electrons. The van der Waals surface area contributed by atoms with E-state index < -0.39 is 0 Å². The Hall–Kier alpha value is -2.13. The molecule has 0 fully saturated rings. The van der Waals surface area contributed by atoms with E-state index in [0.717, 1.165) is 39.5 Å². The van der Waals surface area contributed by atoms with Gasteiger partial charge in [0, 0.05) is 34.1 Å². The number of halogens is 1. The van der Waals surface area contributed by atoms with Crippen molar-refractivity contribution < 1.29 is 9.47 Å². The summed E-state index contributed by atoms with van der Waals surface area (Å²) in [6.45, 7) is 0. The monoisotopic (exact) mass is 301 g/mol. The van der Waals surface area contributed by atoms with Gasteiger partial charge >= 0.3 is 0 Å². The van der Waals surface area contributed by atoms with Crippen LogP contribution in [0.5, 0.6) is 11.5 Å². The van der Waals surface area contributed by atoms with Gasteiger partial charge < -0.3 is 14.5 Å². The number of aromatic amines is 1. The van der Waals surface area contributed by atoms with Crippen molar-refractivity contribution in [1.29, 1.82) is 0 Å². The lowest BCUT2D eigenvalue weighted by Gasteiger charge is -2.06. The van der Waals surface area contributed by atoms with Crippen LogP contribution in [-0.2, 0) is 6.42 Å². The summed E-state index contributed by atoms with van der Waals surface area (Å²) in [6.07, 6.45) is 0.830. The Morgan fingerprint density at radius 2 is 1.62 bits per heavy atom. The quantitative estimate of drug-likeness (QED) is 0.773. The van der Waals surface area contributed by atoms with E-state index in [2.05, 4.69) is 11.1 Å². The number of ether oxygens (including phenoxy) is 2. The number of nitrogens with one attached hydrogen (secondary N) is 1. The predicted molar refractivity (Wildman–Crippen MR) is 85.7 cm³/mol. The summed E-state index contributed by atoms with van der Waals surface area (Å²) in [4.78, 5) is 3.42. The molecule has 0 amide bonds. The molecule has 1 heterocycles. The third kappa shape index (κ3) is 2.83. The molecule has 1 N–H and O–H groups in total. The average molecular weight is 302 g/mol. The maximum absolute atomic E-state index is 5.91. The van der Waals surface area contributed by atoms with Crippen LogP contribution in [0.4, 0.5) is 0 Å². The van der Waals surface area contributed by atoms with Crippen LogP contribution < -0.4 is 9.47 Å². The second-order valence-electron chi connectivity index (χ2n) is 4.89. The lowest BCUT2D eigenvalue weighted by atomic mass is 10.1. The minimum Gasteiger partial charge on any atom is -0.493 e. The molecule has 4 heteroatoms. The molecule has 3 rings (SSSR count). The first-order chi connectivity index (χ1) is 10.2. The van der Waals surface area contributed by atoms with Gasteiger partial charge in [0.05, 0.1) is 14.2 Å². The third-order valence-corrected chi connectivity index (χ3v) is 3.74. The Morgan fingerprint density at radius 1 is 0.952 bits per heavy atom. The fourth-order valence-corrected chi connectivity index (χ4v) is 2.56.